The standard InChI is InChI=1S/C15H14N4O2/c1-10(2)3-12(21)5-15(9-18)13(19)11(6-20)4-14(15,7-16)8-17/h3,6,11,19H,4-5H2,1-2H3/t11?,15-/m0/s1. The van der Waals surface area contributed by atoms with E-state index in [0.717, 1.165) is 0 Å². The zero-order valence-electron chi connectivity index (χ0n) is 11.8. The van der Waals surface area contributed by atoms with Gasteiger partial charge in [0.2, 0.25) is 0 Å². The van der Waals surface area contributed by atoms with Crippen LogP contribution >= 0.6 is 0 Å². The van der Waals surface area contributed by atoms with Crippen LogP contribution in [-0.2, 0) is 9.59 Å². The minimum Gasteiger partial charge on any atom is -0.307 e. The smallest absolute Gasteiger partial charge is 0.169 e. The number of hydrogen-bond acceptors (Lipinski definition) is 6. The molecule has 0 aromatic heterocycles. The summed E-state index contributed by atoms with van der Waals surface area (Å²) in [4.78, 5) is 23.0. The average molecular weight is 282 g/mol. The number of nitrogens with zero attached hydrogens (tertiary/aromatic N) is 3. The molecule has 1 rings (SSSR count). The number of nitrogens with one attached hydrogen (secondary N) is 1. The van der Waals surface area contributed by atoms with E-state index >= 15 is 0 Å². The maximum absolute atomic E-state index is 12.0. The third kappa shape index (κ3) is 2.35. The van der Waals surface area contributed by atoms with Gasteiger partial charge in [-0.05, 0) is 26.3 Å². The molecule has 0 bridgehead atoms. The summed E-state index contributed by atoms with van der Waals surface area (Å²) >= 11 is 0. The van der Waals surface area contributed by atoms with E-state index in [4.69, 9.17) is 5.41 Å². The van der Waals surface area contributed by atoms with E-state index in [9.17, 15) is 25.4 Å². The first-order valence-electron chi connectivity index (χ1n) is 6.28. The molecule has 6 nitrogen and oxygen atoms in total. The van der Waals surface area contributed by atoms with Gasteiger partial charge in [0, 0.05) is 12.1 Å². The molecule has 0 amide bonds. The summed E-state index contributed by atoms with van der Waals surface area (Å²) in [5, 5.41) is 36.2. The van der Waals surface area contributed by atoms with Gasteiger partial charge in [-0.25, -0.2) is 0 Å². The summed E-state index contributed by atoms with van der Waals surface area (Å²) in [7, 11) is 0. The van der Waals surface area contributed by atoms with Gasteiger partial charge in [0.1, 0.15) is 11.7 Å². The first kappa shape index (κ1) is 16.3. The van der Waals surface area contributed by atoms with Crippen LogP contribution in [0.1, 0.15) is 26.7 Å². The van der Waals surface area contributed by atoms with E-state index < -0.39 is 29.0 Å². The average Bonchev–Trinajstić information content (AvgIpc) is 2.68. The van der Waals surface area contributed by atoms with Crippen LogP contribution in [0.15, 0.2) is 11.6 Å². The Labute approximate surface area is 122 Å². The third-order valence-electron chi connectivity index (χ3n) is 3.71. The van der Waals surface area contributed by atoms with Crippen molar-refractivity contribution in [2.75, 3.05) is 0 Å². The maximum atomic E-state index is 12.0. The van der Waals surface area contributed by atoms with E-state index in [2.05, 4.69) is 0 Å². The van der Waals surface area contributed by atoms with Crippen molar-refractivity contribution in [3.05, 3.63) is 11.6 Å². The molecule has 1 aliphatic carbocycles. The molecule has 0 heterocycles. The van der Waals surface area contributed by atoms with E-state index in [0.29, 0.717) is 11.9 Å². The summed E-state index contributed by atoms with van der Waals surface area (Å²) in [6.07, 6.45) is 1.09. The second-order valence-corrected chi connectivity index (χ2v) is 5.37. The Hall–Kier alpha value is -2.78. The lowest BCUT2D eigenvalue weighted by molar-refractivity contribution is -0.116. The second-order valence-electron chi connectivity index (χ2n) is 5.37. The fraction of sp³-hybridized carbons (Fsp3) is 0.467. The van der Waals surface area contributed by atoms with E-state index in [1.54, 1.807) is 26.0 Å². The molecule has 21 heavy (non-hydrogen) atoms. The van der Waals surface area contributed by atoms with E-state index in [1.165, 1.54) is 6.08 Å². The topological polar surface area (TPSA) is 129 Å². The number of hydrogen-bond donors (Lipinski definition) is 1. The molecule has 0 aromatic carbocycles. The largest absolute Gasteiger partial charge is 0.307 e. The monoisotopic (exact) mass is 282 g/mol. The van der Waals surface area contributed by atoms with Crippen LogP contribution in [0.2, 0.25) is 0 Å². The number of allylic oxidation sites excluding steroid dienone is 2. The predicted octanol–water partition coefficient (Wildman–Crippen LogP) is 1.69. The van der Waals surface area contributed by atoms with Crippen molar-refractivity contribution in [3.8, 4) is 18.2 Å². The van der Waals surface area contributed by atoms with Crippen molar-refractivity contribution in [3.63, 3.8) is 0 Å². The van der Waals surface area contributed by atoms with Crippen LogP contribution in [0, 0.1) is 56.2 Å². The number of rotatable bonds is 4. The van der Waals surface area contributed by atoms with Gasteiger partial charge in [-0.15, -0.1) is 0 Å². The Morgan fingerprint density at radius 1 is 1.33 bits per heavy atom. The van der Waals surface area contributed by atoms with Crippen LogP contribution < -0.4 is 0 Å². The summed E-state index contributed by atoms with van der Waals surface area (Å²) < 4.78 is 0. The molecule has 1 fully saturated rings. The zero-order chi connectivity index (χ0) is 16.3. The summed E-state index contributed by atoms with van der Waals surface area (Å²) in [5.74, 6) is -1.42. The van der Waals surface area contributed by atoms with Crippen molar-refractivity contribution in [2.24, 2.45) is 16.7 Å². The lowest BCUT2D eigenvalue weighted by Gasteiger charge is -2.29. The van der Waals surface area contributed by atoms with Gasteiger partial charge >= 0.3 is 0 Å². The maximum Gasteiger partial charge on any atom is 0.169 e. The minimum absolute atomic E-state index is 0.224. The molecule has 106 valence electrons. The molecular formula is C15H14N4O2. The number of carbonyl (C=O) groups is 2. The molecular weight excluding hydrogens is 268 g/mol. The molecule has 1 aliphatic rings. The highest BCUT2D eigenvalue weighted by atomic mass is 16.1. The number of nitriles is 3. The van der Waals surface area contributed by atoms with Crippen molar-refractivity contribution >= 4 is 17.8 Å². The summed E-state index contributed by atoms with van der Waals surface area (Å²) in [5.41, 5.74) is -3.33. The molecule has 0 radical (unpaired) electrons. The first-order chi connectivity index (χ1) is 9.82. The second kappa shape index (κ2) is 5.69. The Balaban J connectivity index is 3.45. The number of aldehydes is 1. The van der Waals surface area contributed by atoms with Gasteiger partial charge in [0.15, 0.2) is 11.2 Å². The first-order valence-corrected chi connectivity index (χ1v) is 6.28. The highest BCUT2D eigenvalue weighted by molar-refractivity contribution is 6.08. The van der Waals surface area contributed by atoms with Gasteiger partial charge < -0.3 is 10.2 Å². The Morgan fingerprint density at radius 2 is 1.90 bits per heavy atom. The van der Waals surface area contributed by atoms with E-state index in [1.807, 2.05) is 6.07 Å². The van der Waals surface area contributed by atoms with Crippen LogP contribution in [0.4, 0.5) is 0 Å². The van der Waals surface area contributed by atoms with Crippen molar-refractivity contribution < 1.29 is 9.59 Å². The van der Waals surface area contributed by atoms with Crippen molar-refractivity contribution in [1.29, 1.82) is 21.2 Å². The Bertz CT molecular complexity index is 639. The van der Waals surface area contributed by atoms with Crippen molar-refractivity contribution in [2.45, 2.75) is 26.7 Å². The fourth-order valence-electron chi connectivity index (χ4n) is 2.65. The van der Waals surface area contributed by atoms with Gasteiger partial charge in [-0.1, -0.05) is 5.57 Å². The molecule has 6 heteroatoms. The van der Waals surface area contributed by atoms with Crippen molar-refractivity contribution in [1.82, 2.24) is 0 Å². The van der Waals surface area contributed by atoms with Gasteiger partial charge in [0.25, 0.3) is 0 Å². The highest BCUT2D eigenvalue weighted by Crippen LogP contribution is 2.54. The molecule has 1 saturated carbocycles. The summed E-state index contributed by atoms with van der Waals surface area (Å²) in [6.45, 7) is 3.40. The van der Waals surface area contributed by atoms with Crippen LogP contribution in [0.25, 0.3) is 0 Å². The van der Waals surface area contributed by atoms with Gasteiger partial charge in [-0.3, -0.25) is 4.79 Å². The SMILES string of the molecule is CC(C)=CC(=O)C[C@]1(C#N)C(=N)C(C=O)CC1(C#N)C#N. The molecule has 0 aromatic rings. The lowest BCUT2D eigenvalue weighted by Crippen LogP contribution is -2.41. The number of ketones is 1. The molecule has 0 aliphatic heterocycles. The van der Waals surface area contributed by atoms with Crippen LogP contribution in [0.3, 0.4) is 0 Å². The molecule has 2 atom stereocenters. The van der Waals surface area contributed by atoms with Crippen LogP contribution in [0.5, 0.6) is 0 Å². The highest BCUT2D eigenvalue weighted by Gasteiger charge is 2.64. The normalized spacial score (nSPS) is 26.0. The fourth-order valence-corrected chi connectivity index (χ4v) is 2.65. The van der Waals surface area contributed by atoms with Gasteiger partial charge in [0.05, 0.1) is 24.1 Å². The van der Waals surface area contributed by atoms with E-state index in [-0.39, 0.29) is 12.1 Å². The molecule has 1 N–H and O–H groups in total. The third-order valence-corrected chi connectivity index (χ3v) is 3.71. The summed E-state index contributed by atoms with van der Waals surface area (Å²) in [6, 6.07) is 5.34. The van der Waals surface area contributed by atoms with Gasteiger partial charge in [-0.2, -0.15) is 15.8 Å². The molecule has 0 spiro atoms. The minimum atomic E-state index is -1.87. The zero-order valence-corrected chi connectivity index (χ0v) is 11.8. The quantitative estimate of drug-likeness (QED) is 0.619. The van der Waals surface area contributed by atoms with Crippen LogP contribution in [-0.4, -0.2) is 17.8 Å². The molecule has 1 unspecified atom stereocenters. The number of carbonyl (C=O) groups excluding carboxylic acids is 2. The Kier molecular flexibility index (Phi) is 4.41. The predicted molar refractivity (Wildman–Crippen MR) is 72.7 cm³/mol. The Morgan fingerprint density at radius 3 is 2.29 bits per heavy atom. The molecule has 0 saturated heterocycles. The lowest BCUT2D eigenvalue weighted by atomic mass is 9.64.